The molecule has 0 bridgehead atoms. The molecule has 0 aromatic carbocycles. The highest BCUT2D eigenvalue weighted by Gasteiger charge is 2.53. The van der Waals surface area contributed by atoms with Crippen molar-refractivity contribution in [3.05, 3.63) is 0 Å². The minimum absolute atomic E-state index is 0.117. The average Bonchev–Trinajstić information content (AvgIpc) is 3.74. The molecule has 0 saturated carbocycles. The Labute approximate surface area is 386 Å². The zero-order chi connectivity index (χ0) is 47.2. The average molecular weight is 937 g/mol. The molecule has 368 valence electrons. The predicted octanol–water partition coefficient (Wildman–Crippen LogP) is 5.17. The molecule has 0 amide bonds. The highest BCUT2D eigenvalue weighted by Crippen LogP contribution is 2.42. The zero-order valence-corrected chi connectivity index (χ0v) is 42.3. The van der Waals surface area contributed by atoms with Crippen molar-refractivity contribution in [1.82, 2.24) is 9.80 Å². The molecule has 0 aromatic heterocycles. The van der Waals surface area contributed by atoms with Gasteiger partial charge in [0.1, 0.15) is 23.9 Å². The van der Waals surface area contributed by atoms with Gasteiger partial charge in [0.05, 0.1) is 47.6 Å². The Kier molecular flexibility index (Phi) is 20.4. The summed E-state index contributed by atoms with van der Waals surface area (Å²) in [5.41, 5.74) is -4.47. The van der Waals surface area contributed by atoms with Gasteiger partial charge in [-0.15, -0.1) is 0 Å². The molecule has 0 radical (unpaired) electrons. The molecule has 17 heteroatoms. The van der Waals surface area contributed by atoms with Crippen LogP contribution in [0.4, 0.5) is 0 Å². The lowest BCUT2D eigenvalue weighted by atomic mass is 9.77. The number of hydrogen-bond donors (Lipinski definition) is 4. The van der Waals surface area contributed by atoms with Crippen molar-refractivity contribution < 1.29 is 63.2 Å². The zero-order valence-electron chi connectivity index (χ0n) is 40.7. The third-order valence-corrected chi connectivity index (χ3v) is 17.3. The van der Waals surface area contributed by atoms with E-state index in [1.807, 2.05) is 80.2 Å². The number of cyclic esters (lactones) is 1. The lowest BCUT2D eigenvalue weighted by Gasteiger charge is -2.49. The molecule has 4 aliphatic heterocycles. The first-order valence-corrected chi connectivity index (χ1v) is 25.8. The van der Waals surface area contributed by atoms with Gasteiger partial charge in [-0.1, -0.05) is 48.8 Å². The van der Waals surface area contributed by atoms with Crippen LogP contribution in [0.2, 0.25) is 0 Å². The molecule has 63 heavy (non-hydrogen) atoms. The van der Waals surface area contributed by atoms with E-state index in [1.165, 1.54) is 26.2 Å². The number of unbranched alkanes of at least 4 members (excludes halogenated alkanes) is 1. The number of carbonyl (C=O) groups is 2. The molecule has 0 spiro atoms. The number of aliphatic hydroxyl groups excluding tert-OH is 2. The second kappa shape index (κ2) is 23.5. The minimum atomic E-state index is -1.82. The van der Waals surface area contributed by atoms with E-state index in [0.717, 1.165) is 12.8 Å². The van der Waals surface area contributed by atoms with Crippen molar-refractivity contribution in [3.8, 4) is 0 Å². The van der Waals surface area contributed by atoms with Gasteiger partial charge in [-0.05, 0) is 114 Å². The quantitative estimate of drug-likeness (QED) is 0.108. The molecule has 4 fully saturated rings. The molecular weight excluding hydrogens is 853 g/mol. The van der Waals surface area contributed by atoms with E-state index in [2.05, 4.69) is 0 Å². The van der Waals surface area contributed by atoms with Crippen LogP contribution in [0.5, 0.6) is 0 Å². The Morgan fingerprint density at radius 1 is 0.968 bits per heavy atom. The van der Waals surface area contributed by atoms with Crippen LogP contribution in [0.3, 0.4) is 0 Å². The highest BCUT2D eigenvalue weighted by molar-refractivity contribution is 8.77. The smallest absolute Gasteiger partial charge is 0.311 e. The maximum atomic E-state index is 14.5. The van der Waals surface area contributed by atoms with E-state index >= 15 is 0 Å². The number of likely N-dealkylation sites (N-methyl/N-ethyl adjacent to an activating group) is 2. The van der Waals surface area contributed by atoms with Crippen molar-refractivity contribution in [2.45, 2.75) is 223 Å². The normalized spacial score (nSPS) is 45.3. The molecule has 19 atom stereocenters. The largest absolute Gasteiger partial charge is 0.459 e. The first kappa shape index (κ1) is 54.8. The summed E-state index contributed by atoms with van der Waals surface area (Å²) in [4.78, 5) is 32.1. The number of aliphatic hydroxyl groups is 4. The molecule has 0 aromatic rings. The van der Waals surface area contributed by atoms with Crippen LogP contribution in [0.15, 0.2) is 0 Å². The summed E-state index contributed by atoms with van der Waals surface area (Å²) in [5, 5.41) is 48.1. The molecule has 0 unspecified atom stereocenters. The van der Waals surface area contributed by atoms with Crippen LogP contribution in [0.1, 0.15) is 127 Å². The topological polar surface area (TPSA) is 186 Å². The molecule has 4 N–H and O–H groups in total. The minimum Gasteiger partial charge on any atom is -0.459 e. The number of rotatable bonds is 13. The molecule has 4 rings (SSSR count). The summed E-state index contributed by atoms with van der Waals surface area (Å²) in [6.07, 6.45) is -4.13. The van der Waals surface area contributed by atoms with Crippen LogP contribution in [0.25, 0.3) is 0 Å². The number of ether oxygens (including phenoxy) is 7. The number of nitrogens with zero attached hydrogens (tertiary/aromatic N) is 2. The first-order chi connectivity index (χ1) is 29.4. The number of methoxy groups -OCH3 is 1. The lowest BCUT2D eigenvalue weighted by molar-refractivity contribution is -0.319. The predicted molar refractivity (Wildman–Crippen MR) is 245 cm³/mol. The van der Waals surface area contributed by atoms with E-state index in [9.17, 15) is 30.0 Å². The van der Waals surface area contributed by atoms with Crippen molar-refractivity contribution in [3.63, 3.8) is 0 Å². The van der Waals surface area contributed by atoms with Crippen molar-refractivity contribution in [2.75, 3.05) is 40.6 Å². The van der Waals surface area contributed by atoms with Crippen LogP contribution in [-0.4, -0.2) is 178 Å². The monoisotopic (exact) mass is 937 g/mol. The Bertz CT molecular complexity index is 1440. The second-order valence-electron chi connectivity index (χ2n) is 20.2. The summed E-state index contributed by atoms with van der Waals surface area (Å²) in [6.45, 7) is 18.2. The summed E-state index contributed by atoms with van der Waals surface area (Å²) >= 11 is 0. The SMILES string of the molecule is CC[C@H]1OC(=O)[C@H](C)[C@@H](O[C@H]2C[C@@](C)(OC)[C@@H](O)[C@H](C)O2)[C@H](C)[C@@H](O[C@@H]2O[C@H](C)C[C@H](N(C)C)[C@H]2OC(=O)CCCC[C@@H]2CCSS2)[C@](C)(O)C[C@@H](C)CN(C)[C@H](C)[C@@H](O)[C@]1(C)O. The van der Waals surface area contributed by atoms with Crippen LogP contribution < -0.4 is 0 Å². The Balaban J connectivity index is 1.78. The fraction of sp³-hybridized carbons (Fsp3) is 0.957. The van der Waals surface area contributed by atoms with Gasteiger partial charge < -0.3 is 63.4 Å². The van der Waals surface area contributed by atoms with E-state index in [0.29, 0.717) is 24.6 Å². The molecular formula is C46H84N2O13S2. The van der Waals surface area contributed by atoms with Gasteiger partial charge in [0, 0.05) is 49.5 Å². The van der Waals surface area contributed by atoms with E-state index in [4.69, 9.17) is 33.2 Å². The van der Waals surface area contributed by atoms with Crippen LogP contribution in [-0.2, 0) is 42.7 Å². The second-order valence-corrected chi connectivity index (χ2v) is 23.0. The van der Waals surface area contributed by atoms with E-state index in [1.54, 1.807) is 34.6 Å². The summed E-state index contributed by atoms with van der Waals surface area (Å²) in [5.74, 6) is -1.87. The van der Waals surface area contributed by atoms with Gasteiger partial charge in [-0.2, -0.15) is 0 Å². The highest BCUT2D eigenvalue weighted by atomic mass is 33.1. The fourth-order valence-corrected chi connectivity index (χ4v) is 13.3. The van der Waals surface area contributed by atoms with Crippen LogP contribution in [0, 0.1) is 17.8 Å². The van der Waals surface area contributed by atoms with E-state index < -0.39 is 96.0 Å². The first-order valence-electron chi connectivity index (χ1n) is 23.4. The molecule has 4 saturated heterocycles. The van der Waals surface area contributed by atoms with Gasteiger partial charge in [0.2, 0.25) is 0 Å². The summed E-state index contributed by atoms with van der Waals surface area (Å²) in [7, 11) is 11.1. The Morgan fingerprint density at radius 2 is 1.65 bits per heavy atom. The third-order valence-electron chi connectivity index (χ3n) is 14.3. The standard InChI is InChI=1S/C46H84N2O13S2/c1-15-34-46(10,54)39(50)30(6)48(13)25-26(2)23-44(8,53)41(28(4)37(29(5)42(52)58-34)60-36-24-45(9,55-14)40(51)31(7)57-36)61-43-38(33(47(11)12)22-27(3)56-43)59-35(49)19-17-16-18-32-20-21-62-63-32/h26-34,36-41,43,50-51,53-54H,15-25H2,1-14H3/t26-,27-,28+,29-,30-,31+,32-,33+,34-,36+,37+,38-,39-,40+,41-,43+,44-,45-,46-/m1/s1. The van der Waals surface area contributed by atoms with Gasteiger partial charge in [-0.25, -0.2) is 0 Å². The molecule has 4 heterocycles. The van der Waals surface area contributed by atoms with Gasteiger partial charge >= 0.3 is 11.9 Å². The lowest BCUT2D eigenvalue weighted by Crippen LogP contribution is -2.61. The van der Waals surface area contributed by atoms with Crippen molar-refractivity contribution in [1.29, 1.82) is 0 Å². The van der Waals surface area contributed by atoms with Crippen molar-refractivity contribution >= 4 is 33.5 Å². The molecule has 15 nitrogen and oxygen atoms in total. The molecule has 0 aliphatic carbocycles. The third kappa shape index (κ3) is 13.9. The van der Waals surface area contributed by atoms with Gasteiger partial charge in [0.25, 0.3) is 0 Å². The van der Waals surface area contributed by atoms with Crippen molar-refractivity contribution in [2.24, 2.45) is 17.8 Å². The number of hydrogen-bond acceptors (Lipinski definition) is 17. The van der Waals surface area contributed by atoms with Gasteiger partial charge in [-0.3, -0.25) is 9.59 Å². The van der Waals surface area contributed by atoms with Crippen LogP contribution >= 0.6 is 21.6 Å². The maximum absolute atomic E-state index is 14.5. The van der Waals surface area contributed by atoms with Gasteiger partial charge in [0.15, 0.2) is 18.7 Å². The molecule has 4 aliphatic rings. The van der Waals surface area contributed by atoms with E-state index in [-0.39, 0.29) is 49.7 Å². The summed E-state index contributed by atoms with van der Waals surface area (Å²) in [6, 6.07) is -0.829. The Morgan fingerprint density at radius 3 is 2.25 bits per heavy atom. The fourth-order valence-electron chi connectivity index (χ4n) is 10.3. The number of carbonyl (C=O) groups excluding carboxylic acids is 2. The summed E-state index contributed by atoms with van der Waals surface area (Å²) < 4.78 is 45.0. The maximum Gasteiger partial charge on any atom is 0.311 e. The number of esters is 2. The Hall–Kier alpha value is -0.800.